The molecule has 0 bridgehead atoms. The Balaban J connectivity index is 2.80. The number of carbonyl (C=O) groups excluding carboxylic acids is 1. The Kier molecular flexibility index (Phi) is 5.10. The summed E-state index contributed by atoms with van der Waals surface area (Å²) in [7, 11) is 0. The van der Waals surface area contributed by atoms with Gasteiger partial charge in [-0.15, -0.1) is 0 Å². The van der Waals surface area contributed by atoms with E-state index in [1.54, 1.807) is 18.2 Å². The number of hydrogen-bond donors (Lipinski definition) is 1. The second kappa shape index (κ2) is 6.12. The Morgan fingerprint density at radius 2 is 1.94 bits per heavy atom. The van der Waals surface area contributed by atoms with Crippen molar-refractivity contribution in [2.75, 3.05) is 0 Å². The van der Waals surface area contributed by atoms with E-state index in [0.717, 1.165) is 12.8 Å². The summed E-state index contributed by atoms with van der Waals surface area (Å²) in [4.78, 5) is 11.9. The molecule has 0 saturated heterocycles. The van der Waals surface area contributed by atoms with E-state index in [1.807, 2.05) is 13.8 Å². The van der Waals surface area contributed by atoms with Crippen LogP contribution in [0.25, 0.3) is 0 Å². The van der Waals surface area contributed by atoms with Gasteiger partial charge in [-0.25, -0.2) is 0 Å². The van der Waals surface area contributed by atoms with Crippen molar-refractivity contribution < 1.29 is 4.79 Å². The fourth-order valence-corrected chi connectivity index (χ4v) is 1.92. The monoisotopic (exact) mass is 259 g/mol. The minimum Gasteiger partial charge on any atom is -0.349 e. The maximum Gasteiger partial charge on any atom is 0.253 e. The molecule has 4 heteroatoms. The van der Waals surface area contributed by atoms with Crippen LogP contribution in [0.5, 0.6) is 0 Å². The van der Waals surface area contributed by atoms with Crippen LogP contribution in [0.3, 0.4) is 0 Å². The lowest BCUT2D eigenvalue weighted by molar-refractivity contribution is 0.0935. The minimum atomic E-state index is -0.143. The first kappa shape index (κ1) is 13.3. The number of halogens is 2. The third kappa shape index (κ3) is 3.39. The molecule has 0 heterocycles. The molecule has 1 amide bonds. The Hall–Kier alpha value is -0.730. The normalized spacial score (nSPS) is 10.6. The minimum absolute atomic E-state index is 0.143. The zero-order valence-electron chi connectivity index (χ0n) is 9.39. The second-order valence-electron chi connectivity index (χ2n) is 3.61. The van der Waals surface area contributed by atoms with Gasteiger partial charge >= 0.3 is 0 Å². The Morgan fingerprint density at radius 1 is 1.31 bits per heavy atom. The number of nitrogens with one attached hydrogen (secondary N) is 1. The average Bonchev–Trinajstić information content (AvgIpc) is 2.25. The van der Waals surface area contributed by atoms with Gasteiger partial charge in [-0.2, -0.15) is 0 Å². The largest absolute Gasteiger partial charge is 0.349 e. The predicted molar refractivity (Wildman–Crippen MR) is 68.3 cm³/mol. The molecule has 1 aromatic carbocycles. The first-order chi connectivity index (χ1) is 7.58. The molecular weight excluding hydrogens is 245 g/mol. The standard InChI is InChI=1S/C12H15Cl2NO/c1-3-9(4-2)15-12(16)10-6-5-8(13)7-11(10)14/h5-7,9H,3-4H2,1-2H3,(H,15,16). The van der Waals surface area contributed by atoms with E-state index in [-0.39, 0.29) is 11.9 Å². The van der Waals surface area contributed by atoms with Crippen LogP contribution in [0.4, 0.5) is 0 Å². The van der Waals surface area contributed by atoms with Crippen LogP contribution in [0.2, 0.25) is 10.0 Å². The summed E-state index contributed by atoms with van der Waals surface area (Å²) in [6.45, 7) is 4.08. The van der Waals surface area contributed by atoms with Gasteiger partial charge in [0.25, 0.3) is 5.91 Å². The number of carbonyl (C=O) groups is 1. The summed E-state index contributed by atoms with van der Waals surface area (Å²) in [5, 5.41) is 3.84. The third-order valence-corrected chi connectivity index (χ3v) is 3.04. The molecule has 0 radical (unpaired) electrons. The Morgan fingerprint density at radius 3 is 2.44 bits per heavy atom. The molecule has 0 aliphatic heterocycles. The molecule has 16 heavy (non-hydrogen) atoms. The molecule has 0 fully saturated rings. The van der Waals surface area contributed by atoms with Crippen molar-refractivity contribution in [3.63, 3.8) is 0 Å². The van der Waals surface area contributed by atoms with E-state index in [1.165, 1.54) is 0 Å². The Labute approximate surface area is 106 Å². The SMILES string of the molecule is CCC(CC)NC(=O)c1ccc(Cl)cc1Cl. The van der Waals surface area contributed by atoms with Gasteiger partial charge in [-0.05, 0) is 31.0 Å². The van der Waals surface area contributed by atoms with Gasteiger partial charge in [-0.3, -0.25) is 4.79 Å². The highest BCUT2D eigenvalue weighted by Gasteiger charge is 2.13. The van der Waals surface area contributed by atoms with Crippen LogP contribution in [-0.4, -0.2) is 11.9 Å². The van der Waals surface area contributed by atoms with Crippen molar-refractivity contribution >= 4 is 29.1 Å². The van der Waals surface area contributed by atoms with Crippen LogP contribution in [0, 0.1) is 0 Å². The summed E-state index contributed by atoms with van der Waals surface area (Å²) < 4.78 is 0. The highest BCUT2D eigenvalue weighted by atomic mass is 35.5. The predicted octanol–water partition coefficient (Wildman–Crippen LogP) is 3.91. The number of rotatable bonds is 4. The van der Waals surface area contributed by atoms with E-state index in [0.29, 0.717) is 15.6 Å². The maximum absolute atomic E-state index is 11.9. The maximum atomic E-state index is 11.9. The molecule has 1 N–H and O–H groups in total. The molecule has 0 aliphatic rings. The van der Waals surface area contributed by atoms with E-state index in [2.05, 4.69) is 5.32 Å². The van der Waals surface area contributed by atoms with Crippen molar-refractivity contribution in [3.05, 3.63) is 33.8 Å². The highest BCUT2D eigenvalue weighted by molar-refractivity contribution is 6.36. The van der Waals surface area contributed by atoms with E-state index in [9.17, 15) is 4.79 Å². The molecule has 0 aromatic heterocycles. The second-order valence-corrected chi connectivity index (χ2v) is 4.45. The average molecular weight is 260 g/mol. The molecule has 88 valence electrons. The fraction of sp³-hybridized carbons (Fsp3) is 0.417. The smallest absolute Gasteiger partial charge is 0.253 e. The molecule has 2 nitrogen and oxygen atoms in total. The molecule has 0 aliphatic carbocycles. The lowest BCUT2D eigenvalue weighted by Crippen LogP contribution is -2.33. The summed E-state index contributed by atoms with van der Waals surface area (Å²) in [6.07, 6.45) is 1.82. The van der Waals surface area contributed by atoms with Crippen LogP contribution in [0.1, 0.15) is 37.0 Å². The van der Waals surface area contributed by atoms with E-state index < -0.39 is 0 Å². The number of amides is 1. The lowest BCUT2D eigenvalue weighted by atomic mass is 10.1. The highest BCUT2D eigenvalue weighted by Crippen LogP contribution is 2.21. The molecule has 0 atom stereocenters. The summed E-state index contributed by atoms with van der Waals surface area (Å²) >= 11 is 11.7. The first-order valence-electron chi connectivity index (χ1n) is 5.34. The summed E-state index contributed by atoms with van der Waals surface area (Å²) in [6, 6.07) is 5.07. The Bertz CT molecular complexity index is 375. The van der Waals surface area contributed by atoms with Crippen molar-refractivity contribution in [1.29, 1.82) is 0 Å². The van der Waals surface area contributed by atoms with Gasteiger partial charge in [-0.1, -0.05) is 37.0 Å². The lowest BCUT2D eigenvalue weighted by Gasteiger charge is -2.15. The van der Waals surface area contributed by atoms with Crippen LogP contribution in [0.15, 0.2) is 18.2 Å². The summed E-state index contributed by atoms with van der Waals surface area (Å²) in [5.41, 5.74) is 0.470. The molecule has 1 aromatic rings. The molecular formula is C12H15Cl2NO. The quantitative estimate of drug-likeness (QED) is 0.873. The zero-order valence-corrected chi connectivity index (χ0v) is 10.9. The van der Waals surface area contributed by atoms with Crippen LogP contribution >= 0.6 is 23.2 Å². The zero-order chi connectivity index (χ0) is 12.1. The van der Waals surface area contributed by atoms with Gasteiger partial charge in [0.15, 0.2) is 0 Å². The van der Waals surface area contributed by atoms with Gasteiger partial charge in [0.1, 0.15) is 0 Å². The summed E-state index contributed by atoms with van der Waals surface area (Å²) in [5.74, 6) is -0.143. The molecule has 0 spiro atoms. The van der Waals surface area contributed by atoms with Crippen molar-refractivity contribution in [1.82, 2.24) is 5.32 Å². The third-order valence-electron chi connectivity index (χ3n) is 2.50. The number of hydrogen-bond acceptors (Lipinski definition) is 1. The van der Waals surface area contributed by atoms with Crippen molar-refractivity contribution in [2.45, 2.75) is 32.7 Å². The molecule has 0 saturated carbocycles. The van der Waals surface area contributed by atoms with Crippen LogP contribution < -0.4 is 5.32 Å². The number of benzene rings is 1. The fourth-order valence-electron chi connectivity index (χ4n) is 1.43. The topological polar surface area (TPSA) is 29.1 Å². The van der Waals surface area contributed by atoms with Gasteiger partial charge in [0, 0.05) is 11.1 Å². The van der Waals surface area contributed by atoms with Crippen molar-refractivity contribution in [2.24, 2.45) is 0 Å². The van der Waals surface area contributed by atoms with E-state index >= 15 is 0 Å². The van der Waals surface area contributed by atoms with Gasteiger partial charge in [0.05, 0.1) is 10.6 Å². The van der Waals surface area contributed by atoms with Gasteiger partial charge in [0.2, 0.25) is 0 Å². The molecule has 0 unspecified atom stereocenters. The van der Waals surface area contributed by atoms with Crippen molar-refractivity contribution in [3.8, 4) is 0 Å². The van der Waals surface area contributed by atoms with Crippen LogP contribution in [-0.2, 0) is 0 Å². The first-order valence-corrected chi connectivity index (χ1v) is 6.10. The molecule has 1 rings (SSSR count). The van der Waals surface area contributed by atoms with Gasteiger partial charge < -0.3 is 5.32 Å². The van der Waals surface area contributed by atoms with E-state index in [4.69, 9.17) is 23.2 Å².